The maximum atomic E-state index is 13.0. The summed E-state index contributed by atoms with van der Waals surface area (Å²) in [5.74, 6) is 0.572. The summed E-state index contributed by atoms with van der Waals surface area (Å²) >= 11 is 0. The largest absolute Gasteiger partial charge is 0.351 e. The summed E-state index contributed by atoms with van der Waals surface area (Å²) in [6, 6.07) is 12.6. The van der Waals surface area contributed by atoms with Crippen LogP contribution in [0.4, 0.5) is 0 Å². The van der Waals surface area contributed by atoms with Gasteiger partial charge in [0.25, 0.3) is 0 Å². The van der Waals surface area contributed by atoms with E-state index < -0.39 is 5.54 Å². The first-order valence-electron chi connectivity index (χ1n) is 8.36. The first-order chi connectivity index (χ1) is 11.3. The van der Waals surface area contributed by atoms with Gasteiger partial charge in [-0.25, -0.2) is 0 Å². The molecular weight excluding hydrogens is 288 g/mol. The molecule has 2 fully saturated rings. The first-order valence-corrected chi connectivity index (χ1v) is 8.36. The molecule has 0 radical (unpaired) electrons. The molecule has 2 atom stereocenters. The molecule has 5 nitrogen and oxygen atoms in total. The van der Waals surface area contributed by atoms with Crippen molar-refractivity contribution in [2.45, 2.75) is 36.8 Å². The van der Waals surface area contributed by atoms with Crippen LogP contribution in [0.5, 0.6) is 0 Å². The quantitative estimate of drug-likeness (QED) is 0.902. The Bertz CT molecular complexity index is 662. The van der Waals surface area contributed by atoms with Gasteiger partial charge in [-0.05, 0) is 44.0 Å². The van der Waals surface area contributed by atoms with E-state index in [1.807, 2.05) is 23.0 Å². The predicted molar refractivity (Wildman–Crippen MR) is 88.0 cm³/mol. The van der Waals surface area contributed by atoms with E-state index in [4.69, 9.17) is 0 Å². The minimum absolute atomic E-state index is 0.117. The van der Waals surface area contributed by atoms with Crippen molar-refractivity contribution >= 4 is 5.91 Å². The Kier molecular flexibility index (Phi) is 3.65. The van der Waals surface area contributed by atoms with Crippen LogP contribution in [0.2, 0.25) is 0 Å². The molecule has 23 heavy (non-hydrogen) atoms. The van der Waals surface area contributed by atoms with Crippen LogP contribution >= 0.6 is 0 Å². The van der Waals surface area contributed by atoms with Crippen LogP contribution in [0, 0.1) is 0 Å². The molecule has 2 heterocycles. The van der Waals surface area contributed by atoms with Crippen molar-refractivity contribution in [2.24, 2.45) is 0 Å². The first kappa shape index (κ1) is 14.5. The van der Waals surface area contributed by atoms with Crippen molar-refractivity contribution in [3.63, 3.8) is 0 Å². The van der Waals surface area contributed by atoms with Crippen LogP contribution in [-0.4, -0.2) is 34.8 Å². The van der Waals surface area contributed by atoms with E-state index in [0.717, 1.165) is 32.4 Å². The van der Waals surface area contributed by atoms with E-state index in [2.05, 4.69) is 40.0 Å². The number of carbonyl (C=O) groups excluding carboxylic acids is 1. The monoisotopic (exact) mass is 310 g/mol. The molecule has 0 bridgehead atoms. The fraction of sp³-hybridized carbons (Fsp3) is 0.444. The average Bonchev–Trinajstić information content (AvgIpc) is 3.14. The third-order valence-corrected chi connectivity index (χ3v) is 5.13. The van der Waals surface area contributed by atoms with E-state index in [9.17, 15) is 4.79 Å². The number of rotatable bonds is 4. The van der Waals surface area contributed by atoms with E-state index >= 15 is 0 Å². The lowest BCUT2D eigenvalue weighted by atomic mass is 9.87. The Hall–Kier alpha value is -2.14. The summed E-state index contributed by atoms with van der Waals surface area (Å²) in [4.78, 5) is 13.0. The second kappa shape index (κ2) is 5.81. The lowest BCUT2D eigenvalue weighted by molar-refractivity contribution is -0.132. The van der Waals surface area contributed by atoms with Crippen LogP contribution in [0.25, 0.3) is 0 Å². The van der Waals surface area contributed by atoms with Crippen LogP contribution in [-0.2, 0) is 10.3 Å². The normalized spacial score (nSPS) is 25.7. The highest BCUT2D eigenvalue weighted by atomic mass is 16.2. The van der Waals surface area contributed by atoms with E-state index in [0.29, 0.717) is 5.92 Å². The minimum Gasteiger partial charge on any atom is -0.351 e. The predicted octanol–water partition coefficient (Wildman–Crippen LogP) is 1.63. The SMILES string of the molecule is O=C(NC1CC1c1ccccc1)C1(n2cccn2)CCNCC1. The number of hydrogen-bond acceptors (Lipinski definition) is 3. The Morgan fingerprint density at radius 3 is 2.70 bits per heavy atom. The molecule has 120 valence electrons. The summed E-state index contributed by atoms with van der Waals surface area (Å²) in [5, 5.41) is 11.0. The van der Waals surface area contributed by atoms with E-state index in [1.54, 1.807) is 6.20 Å². The molecule has 2 aliphatic rings. The third-order valence-electron chi connectivity index (χ3n) is 5.13. The zero-order valence-electron chi connectivity index (χ0n) is 13.1. The molecule has 0 spiro atoms. The third kappa shape index (κ3) is 2.65. The standard InChI is InChI=1S/C18H22N4O/c23-17(21-16-13-15(16)14-5-2-1-3-6-14)18(7-10-19-11-8-18)22-12-4-9-20-22/h1-6,9,12,15-16,19H,7-8,10-11,13H2,(H,21,23). The highest BCUT2D eigenvalue weighted by Crippen LogP contribution is 2.41. The van der Waals surface area contributed by atoms with E-state index in [1.165, 1.54) is 5.56 Å². The van der Waals surface area contributed by atoms with Crippen molar-refractivity contribution < 1.29 is 4.79 Å². The number of carbonyl (C=O) groups is 1. The molecule has 2 aromatic rings. The Balaban J connectivity index is 1.49. The fourth-order valence-corrected chi connectivity index (χ4v) is 3.65. The van der Waals surface area contributed by atoms with Crippen molar-refractivity contribution in [1.82, 2.24) is 20.4 Å². The van der Waals surface area contributed by atoms with Gasteiger partial charge in [-0.3, -0.25) is 9.48 Å². The zero-order chi connectivity index (χ0) is 15.7. The van der Waals surface area contributed by atoms with Crippen molar-refractivity contribution in [2.75, 3.05) is 13.1 Å². The van der Waals surface area contributed by atoms with Crippen molar-refractivity contribution in [3.05, 3.63) is 54.4 Å². The van der Waals surface area contributed by atoms with Gasteiger partial charge in [0.2, 0.25) is 5.91 Å². The highest BCUT2D eigenvalue weighted by molar-refractivity contribution is 5.85. The number of hydrogen-bond donors (Lipinski definition) is 2. The maximum Gasteiger partial charge on any atom is 0.248 e. The van der Waals surface area contributed by atoms with Gasteiger partial charge in [-0.2, -0.15) is 5.10 Å². The van der Waals surface area contributed by atoms with Gasteiger partial charge in [0.15, 0.2) is 0 Å². The molecule has 2 N–H and O–H groups in total. The van der Waals surface area contributed by atoms with Gasteiger partial charge >= 0.3 is 0 Å². The topological polar surface area (TPSA) is 59.0 Å². The molecule has 1 aromatic heterocycles. The average molecular weight is 310 g/mol. The van der Waals surface area contributed by atoms with Gasteiger partial charge in [0, 0.05) is 24.4 Å². The van der Waals surface area contributed by atoms with Crippen LogP contribution in [0.15, 0.2) is 48.8 Å². The molecule has 1 amide bonds. The Morgan fingerprint density at radius 1 is 1.22 bits per heavy atom. The lowest BCUT2D eigenvalue weighted by Gasteiger charge is -2.36. The number of benzene rings is 1. The molecule has 1 aromatic carbocycles. The molecular formula is C18H22N4O. The zero-order valence-corrected chi connectivity index (χ0v) is 13.1. The summed E-state index contributed by atoms with van der Waals surface area (Å²) in [6.07, 6.45) is 6.25. The van der Waals surface area contributed by atoms with Crippen LogP contribution in [0.3, 0.4) is 0 Å². The number of nitrogens with zero attached hydrogens (tertiary/aromatic N) is 2. The Labute approximate surface area is 136 Å². The summed E-state index contributed by atoms with van der Waals surface area (Å²) in [5.41, 5.74) is 0.773. The van der Waals surface area contributed by atoms with Gasteiger partial charge in [-0.1, -0.05) is 30.3 Å². The van der Waals surface area contributed by atoms with Crippen LogP contribution < -0.4 is 10.6 Å². The minimum atomic E-state index is -0.543. The molecule has 5 heteroatoms. The number of nitrogens with one attached hydrogen (secondary N) is 2. The van der Waals surface area contributed by atoms with Gasteiger partial charge in [0.1, 0.15) is 5.54 Å². The molecule has 4 rings (SSSR count). The summed E-state index contributed by atoms with van der Waals surface area (Å²) in [6.45, 7) is 1.69. The number of amides is 1. The van der Waals surface area contributed by atoms with Crippen LogP contribution in [0.1, 0.15) is 30.7 Å². The van der Waals surface area contributed by atoms with Gasteiger partial charge < -0.3 is 10.6 Å². The van der Waals surface area contributed by atoms with E-state index in [-0.39, 0.29) is 11.9 Å². The number of piperidine rings is 1. The summed E-state index contributed by atoms with van der Waals surface area (Å²) < 4.78 is 1.85. The Morgan fingerprint density at radius 2 is 2.00 bits per heavy atom. The van der Waals surface area contributed by atoms with Crippen molar-refractivity contribution in [1.29, 1.82) is 0 Å². The highest BCUT2D eigenvalue weighted by Gasteiger charge is 2.46. The maximum absolute atomic E-state index is 13.0. The number of aromatic nitrogens is 2. The molecule has 1 aliphatic heterocycles. The molecule has 1 saturated carbocycles. The van der Waals surface area contributed by atoms with Crippen molar-refractivity contribution in [3.8, 4) is 0 Å². The summed E-state index contributed by atoms with van der Waals surface area (Å²) in [7, 11) is 0. The smallest absolute Gasteiger partial charge is 0.248 e. The molecule has 1 aliphatic carbocycles. The second-order valence-corrected chi connectivity index (χ2v) is 6.57. The van der Waals surface area contributed by atoms with Gasteiger partial charge in [0.05, 0.1) is 0 Å². The van der Waals surface area contributed by atoms with Gasteiger partial charge in [-0.15, -0.1) is 0 Å². The second-order valence-electron chi connectivity index (χ2n) is 6.57. The molecule has 2 unspecified atom stereocenters. The molecule has 1 saturated heterocycles. The lowest BCUT2D eigenvalue weighted by Crippen LogP contribution is -2.55. The fourth-order valence-electron chi connectivity index (χ4n) is 3.65.